The highest BCUT2D eigenvalue weighted by molar-refractivity contribution is 6.16. The number of hydrogen-bond donors (Lipinski definition) is 0. The van der Waals surface area contributed by atoms with Crippen LogP contribution in [0.25, 0.3) is 49.9 Å². The third-order valence-electron chi connectivity index (χ3n) is 5.50. The number of methoxy groups -OCH3 is 1. The molecule has 0 spiro atoms. The second kappa shape index (κ2) is 5.69. The summed E-state index contributed by atoms with van der Waals surface area (Å²) in [6.45, 7) is 0. The second-order valence-corrected chi connectivity index (χ2v) is 7.18. The van der Waals surface area contributed by atoms with Gasteiger partial charge >= 0.3 is 5.69 Å². The predicted octanol–water partition coefficient (Wildman–Crippen LogP) is 2.89. The van der Waals surface area contributed by atoms with Crippen molar-refractivity contribution in [2.24, 2.45) is 14.1 Å². The van der Waals surface area contributed by atoms with Crippen LogP contribution in [-0.2, 0) is 14.1 Å². The van der Waals surface area contributed by atoms with Crippen LogP contribution >= 0.6 is 0 Å². The van der Waals surface area contributed by atoms with Crippen molar-refractivity contribution >= 4 is 38.7 Å². The van der Waals surface area contributed by atoms with Gasteiger partial charge in [0.15, 0.2) is 5.58 Å². The quantitative estimate of drug-likeness (QED) is 0.444. The van der Waals surface area contributed by atoms with Crippen molar-refractivity contribution in [1.82, 2.24) is 28.7 Å². The van der Waals surface area contributed by atoms with Gasteiger partial charge in [-0.05, 0) is 12.1 Å². The van der Waals surface area contributed by atoms with Crippen molar-refractivity contribution in [2.75, 3.05) is 7.11 Å². The molecule has 0 aliphatic rings. The number of aryl methyl sites for hydroxylation is 2. The number of ether oxygens (including phenoxy) is 1. The molecule has 0 bridgehead atoms. The molecule has 0 amide bonds. The van der Waals surface area contributed by atoms with E-state index in [0.29, 0.717) is 33.6 Å². The van der Waals surface area contributed by atoms with Gasteiger partial charge in [-0.2, -0.15) is 5.10 Å². The molecule has 1 aromatic carbocycles. The SMILES string of the molecule is COc1cc2ncc3c4c2c(oc2ncccc2n4c(=O)n3C)c1-c1cnn(C)c1. The van der Waals surface area contributed by atoms with Gasteiger partial charge in [0.1, 0.15) is 11.3 Å². The number of nitrogens with zero attached hydrogens (tertiary/aromatic N) is 6. The van der Waals surface area contributed by atoms with Gasteiger partial charge in [0.25, 0.3) is 0 Å². The Hall–Kier alpha value is -4.14. The fourth-order valence-corrected chi connectivity index (χ4v) is 4.13. The van der Waals surface area contributed by atoms with Gasteiger partial charge in [0.05, 0.1) is 47.0 Å². The summed E-state index contributed by atoms with van der Waals surface area (Å²) < 4.78 is 17.0. The van der Waals surface area contributed by atoms with Gasteiger partial charge in [0.2, 0.25) is 5.71 Å². The first-order valence-corrected chi connectivity index (χ1v) is 9.32. The van der Waals surface area contributed by atoms with Gasteiger partial charge in [-0.15, -0.1) is 0 Å². The molecule has 0 atom stereocenters. The maximum Gasteiger partial charge on any atom is 0.333 e. The first-order chi connectivity index (χ1) is 14.6. The Morgan fingerprint density at radius 3 is 2.77 bits per heavy atom. The molecule has 9 heteroatoms. The van der Waals surface area contributed by atoms with E-state index in [9.17, 15) is 4.79 Å². The molecule has 0 unspecified atom stereocenters. The Balaban J connectivity index is 2.02. The maximum absolute atomic E-state index is 13.2. The number of rotatable bonds is 2. The summed E-state index contributed by atoms with van der Waals surface area (Å²) in [5.74, 6) is 0.599. The van der Waals surface area contributed by atoms with E-state index < -0.39 is 0 Å². The molecule has 0 aliphatic heterocycles. The fourth-order valence-electron chi connectivity index (χ4n) is 4.13. The highest BCUT2D eigenvalue weighted by atomic mass is 16.5. The predicted molar refractivity (Wildman–Crippen MR) is 112 cm³/mol. The number of hydrogen-bond acceptors (Lipinski definition) is 6. The molecule has 30 heavy (non-hydrogen) atoms. The van der Waals surface area contributed by atoms with Crippen molar-refractivity contribution in [3.8, 4) is 16.9 Å². The Bertz CT molecular complexity index is 1680. The molecule has 5 heterocycles. The topological polar surface area (TPSA) is 92.4 Å². The lowest BCUT2D eigenvalue weighted by molar-refractivity contribution is 0.416. The first-order valence-electron chi connectivity index (χ1n) is 9.32. The smallest absolute Gasteiger partial charge is 0.333 e. The number of imidazole rings is 1. The zero-order valence-corrected chi connectivity index (χ0v) is 16.4. The number of fused-ring (bicyclic) bond motifs is 2. The van der Waals surface area contributed by atoms with Crippen molar-refractivity contribution in [1.29, 1.82) is 0 Å². The van der Waals surface area contributed by atoms with Crippen LogP contribution in [0.4, 0.5) is 0 Å². The zero-order valence-electron chi connectivity index (χ0n) is 16.4. The summed E-state index contributed by atoms with van der Waals surface area (Å²) >= 11 is 0. The highest BCUT2D eigenvalue weighted by Crippen LogP contribution is 2.42. The van der Waals surface area contributed by atoms with E-state index in [1.807, 2.05) is 25.4 Å². The molecule has 148 valence electrons. The van der Waals surface area contributed by atoms with Gasteiger partial charge in [0, 0.05) is 38.1 Å². The lowest BCUT2D eigenvalue weighted by Crippen LogP contribution is -2.17. The minimum absolute atomic E-state index is 0.191. The van der Waals surface area contributed by atoms with Crippen LogP contribution in [0.5, 0.6) is 5.75 Å². The Morgan fingerprint density at radius 1 is 1.13 bits per heavy atom. The van der Waals surface area contributed by atoms with Gasteiger partial charge in [-0.25, -0.2) is 9.78 Å². The van der Waals surface area contributed by atoms with E-state index in [1.165, 1.54) is 0 Å². The van der Waals surface area contributed by atoms with Crippen LogP contribution in [0.15, 0.2) is 52.2 Å². The maximum atomic E-state index is 13.2. The lowest BCUT2D eigenvalue weighted by Gasteiger charge is -2.10. The van der Waals surface area contributed by atoms with E-state index in [4.69, 9.17) is 9.15 Å². The number of aromatic nitrogens is 6. The monoisotopic (exact) mass is 400 g/mol. The number of pyridine rings is 2. The Labute approximate surface area is 168 Å². The third-order valence-corrected chi connectivity index (χ3v) is 5.50. The van der Waals surface area contributed by atoms with E-state index >= 15 is 0 Å². The van der Waals surface area contributed by atoms with Crippen LogP contribution in [0, 0.1) is 0 Å². The van der Waals surface area contributed by atoms with E-state index in [-0.39, 0.29) is 5.69 Å². The number of benzene rings is 1. The van der Waals surface area contributed by atoms with Crippen LogP contribution in [0.2, 0.25) is 0 Å². The fraction of sp³-hybridized carbons (Fsp3) is 0.143. The summed E-state index contributed by atoms with van der Waals surface area (Å²) in [5, 5.41) is 5.03. The van der Waals surface area contributed by atoms with Crippen molar-refractivity contribution in [2.45, 2.75) is 0 Å². The Morgan fingerprint density at radius 2 is 2.00 bits per heavy atom. The summed E-state index contributed by atoms with van der Waals surface area (Å²) in [7, 11) is 5.19. The summed E-state index contributed by atoms with van der Waals surface area (Å²) in [4.78, 5) is 22.2. The average Bonchev–Trinajstić information content (AvgIpc) is 3.23. The molecule has 0 fully saturated rings. The average molecular weight is 400 g/mol. The van der Waals surface area contributed by atoms with Gasteiger partial charge in [-0.3, -0.25) is 18.6 Å². The highest BCUT2D eigenvalue weighted by Gasteiger charge is 2.23. The standard InChI is InChI=1S/C21H16N6O3/c1-25-10-11(8-24-25)16-15(29-3)7-12-17-18-14(9-23-12)26(2)21(28)27(18)13-5-4-6-22-20(13)30-19(16)17/h4-10H,1-3H3. The van der Waals surface area contributed by atoms with Gasteiger partial charge < -0.3 is 9.15 Å². The molecule has 0 radical (unpaired) electrons. The molecule has 5 aromatic heterocycles. The normalized spacial score (nSPS) is 12.0. The van der Waals surface area contributed by atoms with Crippen LogP contribution in [-0.4, -0.2) is 35.8 Å². The van der Waals surface area contributed by atoms with E-state index in [2.05, 4.69) is 15.1 Å². The molecule has 0 saturated heterocycles. The third kappa shape index (κ3) is 2.00. The molecule has 0 N–H and O–H groups in total. The zero-order chi connectivity index (χ0) is 20.6. The van der Waals surface area contributed by atoms with Crippen LogP contribution in [0.1, 0.15) is 0 Å². The molecule has 0 aliphatic carbocycles. The van der Waals surface area contributed by atoms with E-state index in [0.717, 1.165) is 22.0 Å². The van der Waals surface area contributed by atoms with Gasteiger partial charge in [-0.1, -0.05) is 0 Å². The minimum atomic E-state index is -0.191. The largest absolute Gasteiger partial charge is 0.496 e. The molecular formula is C21H16N6O3. The van der Waals surface area contributed by atoms with Crippen molar-refractivity contribution in [3.63, 3.8) is 0 Å². The molecule has 6 rings (SSSR count). The van der Waals surface area contributed by atoms with E-state index in [1.54, 1.807) is 52.5 Å². The van der Waals surface area contributed by atoms with Crippen LogP contribution in [0.3, 0.4) is 0 Å². The second-order valence-electron chi connectivity index (χ2n) is 7.18. The molecule has 6 aromatic rings. The molecule has 9 nitrogen and oxygen atoms in total. The Kier molecular flexibility index (Phi) is 3.18. The first kappa shape index (κ1) is 16.8. The lowest BCUT2D eigenvalue weighted by atomic mass is 10.0. The summed E-state index contributed by atoms with van der Waals surface area (Å²) in [6.07, 6.45) is 6.97. The van der Waals surface area contributed by atoms with Crippen LogP contribution < -0.4 is 10.4 Å². The van der Waals surface area contributed by atoms with Crippen molar-refractivity contribution in [3.05, 3.63) is 53.5 Å². The minimum Gasteiger partial charge on any atom is -0.496 e. The molecular weight excluding hydrogens is 384 g/mol. The van der Waals surface area contributed by atoms with Crippen molar-refractivity contribution < 1.29 is 9.15 Å². The molecule has 0 saturated carbocycles. The summed E-state index contributed by atoms with van der Waals surface area (Å²) in [5.41, 5.74) is 4.90. The summed E-state index contributed by atoms with van der Waals surface area (Å²) in [6, 6.07) is 5.46.